The van der Waals surface area contributed by atoms with E-state index in [2.05, 4.69) is 0 Å². The van der Waals surface area contributed by atoms with Crippen molar-refractivity contribution in [2.45, 2.75) is 6.92 Å². The first kappa shape index (κ1) is 17.8. The van der Waals surface area contributed by atoms with Crippen LogP contribution in [0.3, 0.4) is 0 Å². The SMILES string of the molecule is COCCN(C)S(=O)(=O)C=C(C(C)=O)c1ccccc1Cl. The number of carbonyl (C=O) groups is 1. The average molecular weight is 332 g/mol. The van der Waals surface area contributed by atoms with Crippen molar-refractivity contribution in [2.24, 2.45) is 0 Å². The summed E-state index contributed by atoms with van der Waals surface area (Å²) in [5.74, 6) is -0.369. The molecule has 0 radical (unpaired) electrons. The third-order valence-corrected chi connectivity index (χ3v) is 4.77. The number of nitrogens with zero attached hydrogens (tertiary/aromatic N) is 1. The van der Waals surface area contributed by atoms with Crippen LogP contribution < -0.4 is 0 Å². The lowest BCUT2D eigenvalue weighted by atomic mass is 10.0. The third kappa shape index (κ3) is 4.93. The monoisotopic (exact) mass is 331 g/mol. The smallest absolute Gasteiger partial charge is 0.236 e. The predicted octanol–water partition coefficient (Wildman–Crippen LogP) is 2.18. The van der Waals surface area contributed by atoms with E-state index in [-0.39, 0.29) is 24.5 Å². The maximum atomic E-state index is 12.2. The minimum atomic E-state index is -3.73. The summed E-state index contributed by atoms with van der Waals surface area (Å²) in [5, 5.41) is 1.28. The number of ketones is 1. The zero-order valence-corrected chi connectivity index (χ0v) is 13.7. The van der Waals surface area contributed by atoms with Gasteiger partial charge in [-0.3, -0.25) is 4.79 Å². The molecule has 0 saturated carbocycles. The second-order valence-electron chi connectivity index (χ2n) is 4.43. The van der Waals surface area contributed by atoms with Gasteiger partial charge in [0, 0.05) is 36.9 Å². The van der Waals surface area contributed by atoms with Gasteiger partial charge in [0.05, 0.1) is 12.0 Å². The zero-order chi connectivity index (χ0) is 16.0. The molecule has 0 heterocycles. The van der Waals surface area contributed by atoms with Crippen molar-refractivity contribution in [3.8, 4) is 0 Å². The average Bonchev–Trinajstić information content (AvgIpc) is 2.42. The van der Waals surface area contributed by atoms with Gasteiger partial charge in [0.1, 0.15) is 0 Å². The first-order valence-electron chi connectivity index (χ1n) is 6.22. The van der Waals surface area contributed by atoms with Gasteiger partial charge in [-0.05, 0) is 13.0 Å². The van der Waals surface area contributed by atoms with Crippen LogP contribution in [-0.4, -0.2) is 45.8 Å². The highest BCUT2D eigenvalue weighted by atomic mass is 35.5. The number of ether oxygens (including phenoxy) is 1. The number of Topliss-reactive ketones (excluding diaryl/α,β-unsaturated/α-hetero) is 1. The van der Waals surface area contributed by atoms with E-state index in [1.54, 1.807) is 24.3 Å². The summed E-state index contributed by atoms with van der Waals surface area (Å²) in [6.07, 6.45) is 0. The standard InChI is InChI=1S/C14H18ClNO4S/c1-11(17)13(12-6-4-5-7-14(12)15)10-21(18,19)16(2)8-9-20-3/h4-7,10H,8-9H2,1-3H3. The fourth-order valence-electron chi connectivity index (χ4n) is 1.60. The molecule has 0 aromatic heterocycles. The van der Waals surface area contributed by atoms with Gasteiger partial charge in [0.25, 0.3) is 0 Å². The first-order chi connectivity index (χ1) is 9.79. The van der Waals surface area contributed by atoms with Crippen molar-refractivity contribution in [3.05, 3.63) is 40.3 Å². The number of sulfonamides is 1. The van der Waals surface area contributed by atoms with Gasteiger partial charge in [-0.15, -0.1) is 0 Å². The molecule has 7 heteroatoms. The lowest BCUT2D eigenvalue weighted by molar-refractivity contribution is -0.111. The third-order valence-electron chi connectivity index (χ3n) is 2.85. The van der Waals surface area contributed by atoms with Crippen molar-refractivity contribution >= 4 is 33.0 Å². The number of hydrogen-bond acceptors (Lipinski definition) is 4. The molecule has 116 valence electrons. The number of halogens is 1. The fourth-order valence-corrected chi connectivity index (χ4v) is 2.94. The molecule has 0 aliphatic heterocycles. The fraction of sp³-hybridized carbons (Fsp3) is 0.357. The first-order valence-corrected chi connectivity index (χ1v) is 8.10. The summed E-state index contributed by atoms with van der Waals surface area (Å²) >= 11 is 6.03. The van der Waals surface area contributed by atoms with E-state index in [0.717, 1.165) is 9.71 Å². The molecule has 1 aromatic carbocycles. The molecular formula is C14H18ClNO4S. The van der Waals surface area contributed by atoms with E-state index < -0.39 is 10.0 Å². The molecule has 0 spiro atoms. The Hall–Kier alpha value is -1.21. The van der Waals surface area contributed by atoms with E-state index >= 15 is 0 Å². The second kappa shape index (κ2) is 7.70. The molecule has 21 heavy (non-hydrogen) atoms. The number of rotatable bonds is 7. The highest BCUT2D eigenvalue weighted by molar-refractivity contribution is 7.92. The Labute approximate surface area is 130 Å². The summed E-state index contributed by atoms with van der Waals surface area (Å²) in [5.41, 5.74) is 0.459. The van der Waals surface area contributed by atoms with Crippen molar-refractivity contribution in [1.82, 2.24) is 4.31 Å². The van der Waals surface area contributed by atoms with Gasteiger partial charge in [0.2, 0.25) is 10.0 Å². The topological polar surface area (TPSA) is 63.7 Å². The summed E-state index contributed by atoms with van der Waals surface area (Å²) in [4.78, 5) is 11.8. The Bertz CT molecular complexity index is 640. The van der Waals surface area contributed by atoms with Crippen molar-refractivity contribution in [3.63, 3.8) is 0 Å². The van der Waals surface area contributed by atoms with E-state index in [4.69, 9.17) is 16.3 Å². The van der Waals surface area contributed by atoms with Crippen LogP contribution in [0.4, 0.5) is 0 Å². The van der Waals surface area contributed by atoms with Gasteiger partial charge in [-0.2, -0.15) is 4.31 Å². The van der Waals surface area contributed by atoms with Crippen LogP contribution >= 0.6 is 11.6 Å². The number of methoxy groups -OCH3 is 1. The van der Waals surface area contributed by atoms with Crippen molar-refractivity contribution < 1.29 is 17.9 Å². The number of likely N-dealkylation sites (N-methyl/N-ethyl adjacent to an activating group) is 1. The quantitative estimate of drug-likeness (QED) is 0.718. The highest BCUT2D eigenvalue weighted by Crippen LogP contribution is 2.25. The van der Waals surface area contributed by atoms with Crippen LogP contribution in [0, 0.1) is 0 Å². The van der Waals surface area contributed by atoms with Crippen molar-refractivity contribution in [1.29, 1.82) is 0 Å². The molecule has 0 amide bonds. The van der Waals surface area contributed by atoms with E-state index in [1.807, 2.05) is 0 Å². The minimum absolute atomic E-state index is 0.0601. The molecule has 0 N–H and O–H groups in total. The molecule has 0 atom stereocenters. The van der Waals surface area contributed by atoms with Crippen LogP contribution in [0.15, 0.2) is 29.7 Å². The molecule has 0 unspecified atom stereocenters. The minimum Gasteiger partial charge on any atom is -0.383 e. The maximum absolute atomic E-state index is 12.2. The largest absolute Gasteiger partial charge is 0.383 e. The predicted molar refractivity (Wildman–Crippen MR) is 83.5 cm³/mol. The summed E-state index contributed by atoms with van der Waals surface area (Å²) in [7, 11) is -0.817. The zero-order valence-electron chi connectivity index (χ0n) is 12.2. The molecule has 0 fully saturated rings. The van der Waals surface area contributed by atoms with Crippen LogP contribution in [-0.2, 0) is 19.6 Å². The van der Waals surface area contributed by atoms with Crippen LogP contribution in [0.25, 0.3) is 5.57 Å². The normalized spacial score (nSPS) is 12.7. The van der Waals surface area contributed by atoms with Crippen LogP contribution in [0.1, 0.15) is 12.5 Å². The molecule has 1 aromatic rings. The van der Waals surface area contributed by atoms with E-state index in [1.165, 1.54) is 21.1 Å². The molecule has 1 rings (SSSR count). The Morgan fingerprint density at radius 3 is 2.52 bits per heavy atom. The Morgan fingerprint density at radius 2 is 2.00 bits per heavy atom. The molecule has 0 aliphatic rings. The second-order valence-corrected chi connectivity index (χ2v) is 6.72. The van der Waals surface area contributed by atoms with Gasteiger partial charge < -0.3 is 4.74 Å². The molecule has 0 aliphatic carbocycles. The van der Waals surface area contributed by atoms with Gasteiger partial charge in [0.15, 0.2) is 5.78 Å². The Morgan fingerprint density at radius 1 is 1.38 bits per heavy atom. The number of benzene rings is 1. The summed E-state index contributed by atoms with van der Waals surface area (Å²) < 4.78 is 30.4. The Kier molecular flexibility index (Phi) is 6.54. The molecule has 0 bridgehead atoms. The molecule has 0 saturated heterocycles. The van der Waals surface area contributed by atoms with Crippen molar-refractivity contribution in [2.75, 3.05) is 27.3 Å². The van der Waals surface area contributed by atoms with Crippen LogP contribution in [0.5, 0.6) is 0 Å². The Balaban J connectivity index is 3.23. The number of carbonyl (C=O) groups excluding carboxylic acids is 1. The van der Waals surface area contributed by atoms with Gasteiger partial charge >= 0.3 is 0 Å². The lowest BCUT2D eigenvalue weighted by Crippen LogP contribution is -2.28. The van der Waals surface area contributed by atoms with E-state index in [0.29, 0.717) is 10.6 Å². The molecular weight excluding hydrogens is 314 g/mol. The lowest BCUT2D eigenvalue weighted by Gasteiger charge is -2.15. The van der Waals surface area contributed by atoms with Gasteiger partial charge in [-0.1, -0.05) is 29.8 Å². The summed E-state index contributed by atoms with van der Waals surface area (Å²) in [6.45, 7) is 1.77. The van der Waals surface area contributed by atoms with E-state index in [9.17, 15) is 13.2 Å². The highest BCUT2D eigenvalue weighted by Gasteiger charge is 2.19. The maximum Gasteiger partial charge on any atom is 0.236 e. The summed E-state index contributed by atoms with van der Waals surface area (Å²) in [6, 6.07) is 6.62. The molecule has 5 nitrogen and oxygen atoms in total. The number of hydrogen-bond donors (Lipinski definition) is 0. The van der Waals surface area contributed by atoms with Gasteiger partial charge in [-0.25, -0.2) is 8.42 Å². The number of allylic oxidation sites excluding steroid dienone is 1. The van der Waals surface area contributed by atoms with Crippen LogP contribution in [0.2, 0.25) is 5.02 Å².